The fourth-order valence-corrected chi connectivity index (χ4v) is 3.78. The molecule has 0 saturated carbocycles. The molecule has 0 aliphatic carbocycles. The zero-order valence-corrected chi connectivity index (χ0v) is 14.8. The minimum absolute atomic E-state index is 0.225. The van der Waals surface area contributed by atoms with E-state index in [9.17, 15) is 0 Å². The van der Waals surface area contributed by atoms with Crippen molar-refractivity contribution in [2.75, 3.05) is 19.6 Å². The number of fused-ring (bicyclic) bond motifs is 1. The summed E-state index contributed by atoms with van der Waals surface area (Å²) in [5.41, 5.74) is 1.71. The molecule has 1 aliphatic rings. The van der Waals surface area contributed by atoms with E-state index >= 15 is 0 Å². The zero-order chi connectivity index (χ0) is 16.7. The summed E-state index contributed by atoms with van der Waals surface area (Å²) in [5.74, 6) is 1.06. The first-order valence-corrected chi connectivity index (χ1v) is 8.62. The van der Waals surface area contributed by atoms with E-state index in [0.29, 0.717) is 10.0 Å². The number of halogens is 2. The molecule has 0 bridgehead atoms. The lowest BCUT2D eigenvalue weighted by Crippen LogP contribution is -2.46. The molecule has 1 atom stereocenters. The second kappa shape index (κ2) is 6.37. The molecule has 0 radical (unpaired) electrons. The van der Waals surface area contributed by atoms with E-state index in [1.54, 1.807) is 6.07 Å². The van der Waals surface area contributed by atoms with Gasteiger partial charge < -0.3 is 14.3 Å². The van der Waals surface area contributed by atoms with Crippen LogP contribution in [-0.4, -0.2) is 43.5 Å². The molecular formula is C16H18Cl2N6. The molecule has 4 rings (SSSR count). The van der Waals surface area contributed by atoms with Crippen LogP contribution >= 0.6 is 23.2 Å². The Kier molecular flexibility index (Phi) is 4.22. The van der Waals surface area contributed by atoms with Gasteiger partial charge in [-0.25, -0.2) is 9.97 Å². The van der Waals surface area contributed by atoms with Crippen molar-refractivity contribution in [1.82, 2.24) is 29.2 Å². The summed E-state index contributed by atoms with van der Waals surface area (Å²) in [5, 5.41) is 4.62. The normalized spacial score (nSPS) is 19.2. The molecule has 126 valence electrons. The third-order valence-electron chi connectivity index (χ3n) is 4.40. The molecule has 6 nitrogen and oxygen atoms in total. The van der Waals surface area contributed by atoms with Gasteiger partial charge in [-0.1, -0.05) is 23.2 Å². The molecule has 1 unspecified atom stereocenters. The van der Waals surface area contributed by atoms with Crippen molar-refractivity contribution < 1.29 is 0 Å². The molecule has 3 aromatic heterocycles. The van der Waals surface area contributed by atoms with Crippen LogP contribution in [0.1, 0.15) is 17.6 Å². The average Bonchev–Trinajstić information content (AvgIpc) is 3.14. The molecule has 0 aromatic carbocycles. The molecule has 3 aromatic rings. The lowest BCUT2D eigenvalue weighted by Gasteiger charge is -2.35. The van der Waals surface area contributed by atoms with Crippen LogP contribution in [-0.2, 0) is 13.6 Å². The van der Waals surface area contributed by atoms with Crippen LogP contribution in [0.4, 0.5) is 0 Å². The van der Waals surface area contributed by atoms with E-state index in [2.05, 4.69) is 24.8 Å². The first kappa shape index (κ1) is 15.9. The van der Waals surface area contributed by atoms with Crippen molar-refractivity contribution in [2.24, 2.45) is 7.05 Å². The van der Waals surface area contributed by atoms with Gasteiger partial charge in [-0.05, 0) is 6.07 Å². The highest BCUT2D eigenvalue weighted by Gasteiger charge is 2.27. The van der Waals surface area contributed by atoms with Crippen LogP contribution in [0.15, 0.2) is 30.9 Å². The summed E-state index contributed by atoms with van der Waals surface area (Å²) in [6.45, 7) is 3.53. The second-order valence-corrected chi connectivity index (χ2v) is 6.90. The number of nitrogens with zero attached hydrogens (tertiary/aromatic N) is 5. The highest BCUT2D eigenvalue weighted by atomic mass is 35.5. The van der Waals surface area contributed by atoms with Gasteiger partial charge in [0.05, 0.1) is 21.8 Å². The van der Waals surface area contributed by atoms with E-state index in [1.807, 2.05) is 36.2 Å². The summed E-state index contributed by atoms with van der Waals surface area (Å²) in [6, 6.07) is 1.94. The van der Waals surface area contributed by atoms with Crippen molar-refractivity contribution in [3.05, 3.63) is 52.4 Å². The van der Waals surface area contributed by atoms with Crippen molar-refractivity contribution >= 4 is 28.8 Å². The van der Waals surface area contributed by atoms with Gasteiger partial charge in [0.2, 0.25) is 0 Å². The van der Waals surface area contributed by atoms with Gasteiger partial charge in [-0.15, -0.1) is 0 Å². The Morgan fingerprint density at radius 1 is 1.33 bits per heavy atom. The Morgan fingerprint density at radius 3 is 3.00 bits per heavy atom. The van der Waals surface area contributed by atoms with Gasteiger partial charge in [-0.2, -0.15) is 0 Å². The van der Waals surface area contributed by atoms with Crippen molar-refractivity contribution in [2.45, 2.75) is 12.6 Å². The largest absolute Gasteiger partial charge is 0.337 e. The number of aromatic nitrogens is 4. The smallest absolute Gasteiger partial charge is 0.156 e. The Labute approximate surface area is 150 Å². The Balaban J connectivity index is 1.63. The van der Waals surface area contributed by atoms with E-state index in [4.69, 9.17) is 23.2 Å². The van der Waals surface area contributed by atoms with Crippen LogP contribution < -0.4 is 5.32 Å². The number of hydrogen-bond donors (Lipinski definition) is 1. The molecular weight excluding hydrogens is 347 g/mol. The molecule has 0 spiro atoms. The number of nitrogens with one attached hydrogen (secondary N) is 1. The van der Waals surface area contributed by atoms with Crippen LogP contribution in [0.25, 0.3) is 5.65 Å². The van der Waals surface area contributed by atoms with Gasteiger partial charge in [0.15, 0.2) is 5.65 Å². The van der Waals surface area contributed by atoms with Gasteiger partial charge >= 0.3 is 0 Å². The first-order valence-electron chi connectivity index (χ1n) is 7.86. The van der Waals surface area contributed by atoms with Crippen molar-refractivity contribution in [3.8, 4) is 0 Å². The minimum Gasteiger partial charge on any atom is -0.337 e. The maximum Gasteiger partial charge on any atom is 0.156 e. The number of hydrogen-bond acceptors (Lipinski definition) is 4. The quantitative estimate of drug-likeness (QED) is 0.775. The number of pyridine rings is 1. The molecule has 1 saturated heterocycles. The maximum atomic E-state index is 6.24. The zero-order valence-electron chi connectivity index (χ0n) is 13.3. The van der Waals surface area contributed by atoms with Gasteiger partial charge in [0.1, 0.15) is 5.82 Å². The molecule has 0 amide bonds. The summed E-state index contributed by atoms with van der Waals surface area (Å²) >= 11 is 12.3. The Hall–Kier alpha value is -1.60. The molecule has 8 heteroatoms. The van der Waals surface area contributed by atoms with Crippen LogP contribution in [0.3, 0.4) is 0 Å². The predicted octanol–water partition coefficient (Wildman–Crippen LogP) is 2.52. The lowest BCUT2D eigenvalue weighted by molar-refractivity contribution is 0.143. The van der Waals surface area contributed by atoms with Crippen LogP contribution in [0, 0.1) is 0 Å². The molecule has 24 heavy (non-hydrogen) atoms. The topological polar surface area (TPSA) is 50.4 Å². The summed E-state index contributed by atoms with van der Waals surface area (Å²) in [7, 11) is 2.03. The third kappa shape index (κ3) is 2.91. The number of rotatable bonds is 3. The number of piperazine rings is 1. The molecule has 1 fully saturated rings. The lowest BCUT2D eigenvalue weighted by atomic mass is 10.1. The number of aryl methyl sites for hydroxylation is 1. The van der Waals surface area contributed by atoms with Crippen molar-refractivity contribution in [1.29, 1.82) is 0 Å². The average molecular weight is 365 g/mol. The molecule has 1 aliphatic heterocycles. The Bertz CT molecular complexity index is 871. The number of imidazole rings is 2. The highest BCUT2D eigenvalue weighted by molar-refractivity contribution is 6.36. The third-order valence-corrected chi connectivity index (χ3v) is 4.88. The van der Waals surface area contributed by atoms with E-state index in [1.165, 1.54) is 0 Å². The standard InChI is InChI=1S/C16H18Cl2N6/c1-22-4-3-20-16(22)14-7-19-2-5-23(14)9-12-10-24-8-11(17)6-13(18)15(24)21-12/h3-4,6,8,10,14,19H,2,5,7,9H2,1H3. The maximum absolute atomic E-state index is 6.24. The SMILES string of the molecule is Cn1ccnc1C1CNCCN1Cc1cn2cc(Cl)cc(Cl)c2n1. The molecule has 4 heterocycles. The molecule has 1 N–H and O–H groups in total. The van der Waals surface area contributed by atoms with Crippen molar-refractivity contribution in [3.63, 3.8) is 0 Å². The van der Waals surface area contributed by atoms with E-state index in [-0.39, 0.29) is 6.04 Å². The fourth-order valence-electron chi connectivity index (χ4n) is 3.25. The highest BCUT2D eigenvalue weighted by Crippen LogP contribution is 2.25. The van der Waals surface area contributed by atoms with Crippen LogP contribution in [0.2, 0.25) is 10.0 Å². The van der Waals surface area contributed by atoms with Crippen LogP contribution in [0.5, 0.6) is 0 Å². The van der Waals surface area contributed by atoms with Gasteiger partial charge in [-0.3, -0.25) is 4.90 Å². The summed E-state index contributed by atoms with van der Waals surface area (Å²) < 4.78 is 3.96. The van der Waals surface area contributed by atoms with Gasteiger partial charge in [0.25, 0.3) is 0 Å². The Morgan fingerprint density at radius 2 is 2.21 bits per heavy atom. The first-order chi connectivity index (χ1) is 11.6. The van der Waals surface area contributed by atoms with E-state index < -0.39 is 0 Å². The fraction of sp³-hybridized carbons (Fsp3) is 0.375. The second-order valence-electron chi connectivity index (χ2n) is 6.06. The van der Waals surface area contributed by atoms with Gasteiger partial charge in [0, 0.05) is 58.0 Å². The summed E-state index contributed by atoms with van der Waals surface area (Å²) in [4.78, 5) is 11.6. The monoisotopic (exact) mass is 364 g/mol. The summed E-state index contributed by atoms with van der Waals surface area (Å²) in [6.07, 6.45) is 7.64. The predicted molar refractivity (Wildman–Crippen MR) is 94.4 cm³/mol. The van der Waals surface area contributed by atoms with E-state index in [0.717, 1.165) is 43.3 Å². The minimum atomic E-state index is 0.225.